The van der Waals surface area contributed by atoms with Gasteiger partial charge in [0.2, 0.25) is 0 Å². The zero-order valence-electron chi connectivity index (χ0n) is 14.8. The van der Waals surface area contributed by atoms with Gasteiger partial charge in [-0.15, -0.1) is 22.7 Å². The van der Waals surface area contributed by atoms with E-state index in [1.54, 1.807) is 20.6 Å². The molecule has 3 aromatic rings. The molecule has 0 radical (unpaired) electrons. The first-order valence-corrected chi connectivity index (χ1v) is 10.4. The SMILES string of the molecule is Cc1nc(C(=O)N2CCN(C(=O)c3csc(-c4ccccc4)n3)CC2)cs1. The molecule has 2 aromatic heterocycles. The Morgan fingerprint density at radius 2 is 1.41 bits per heavy atom. The maximum atomic E-state index is 12.8. The van der Waals surface area contributed by atoms with E-state index in [1.807, 2.05) is 37.3 Å². The summed E-state index contributed by atoms with van der Waals surface area (Å²) < 4.78 is 0. The van der Waals surface area contributed by atoms with Gasteiger partial charge in [-0.05, 0) is 6.92 Å². The van der Waals surface area contributed by atoms with E-state index in [4.69, 9.17) is 0 Å². The lowest BCUT2D eigenvalue weighted by molar-refractivity contribution is 0.0530. The van der Waals surface area contributed by atoms with E-state index in [9.17, 15) is 9.59 Å². The Kier molecular flexibility index (Phi) is 5.00. The first-order chi connectivity index (χ1) is 13.1. The van der Waals surface area contributed by atoms with Crippen molar-refractivity contribution in [1.82, 2.24) is 19.8 Å². The van der Waals surface area contributed by atoms with Crippen LogP contribution in [-0.2, 0) is 0 Å². The summed E-state index contributed by atoms with van der Waals surface area (Å²) in [6, 6.07) is 9.84. The van der Waals surface area contributed by atoms with Crippen molar-refractivity contribution in [3.63, 3.8) is 0 Å². The van der Waals surface area contributed by atoms with E-state index < -0.39 is 0 Å². The van der Waals surface area contributed by atoms with Crippen molar-refractivity contribution in [1.29, 1.82) is 0 Å². The number of benzene rings is 1. The lowest BCUT2D eigenvalue weighted by Crippen LogP contribution is -2.50. The Hall–Kier alpha value is -2.58. The number of carbonyl (C=O) groups excluding carboxylic acids is 2. The molecule has 0 bridgehead atoms. The van der Waals surface area contributed by atoms with Crippen LogP contribution in [0.25, 0.3) is 10.6 Å². The van der Waals surface area contributed by atoms with Crippen molar-refractivity contribution < 1.29 is 9.59 Å². The molecule has 0 spiro atoms. The number of amides is 2. The molecule has 4 rings (SSSR count). The lowest BCUT2D eigenvalue weighted by Gasteiger charge is -2.34. The Labute approximate surface area is 165 Å². The Morgan fingerprint density at radius 1 is 0.852 bits per heavy atom. The molecule has 1 aliphatic rings. The second-order valence-electron chi connectivity index (χ2n) is 6.24. The smallest absolute Gasteiger partial charge is 0.273 e. The average molecular weight is 399 g/mol. The van der Waals surface area contributed by atoms with Crippen LogP contribution in [0.4, 0.5) is 0 Å². The van der Waals surface area contributed by atoms with Crippen LogP contribution >= 0.6 is 22.7 Å². The van der Waals surface area contributed by atoms with Gasteiger partial charge in [-0.2, -0.15) is 0 Å². The molecular weight excluding hydrogens is 380 g/mol. The van der Waals surface area contributed by atoms with Crippen LogP contribution < -0.4 is 0 Å². The molecule has 1 fully saturated rings. The quantitative estimate of drug-likeness (QED) is 0.680. The molecule has 138 valence electrons. The average Bonchev–Trinajstić information content (AvgIpc) is 3.37. The predicted octanol–water partition coefficient (Wildman–Crippen LogP) is 3.17. The van der Waals surface area contributed by atoms with Crippen LogP contribution in [0.3, 0.4) is 0 Å². The Balaban J connectivity index is 1.39. The number of carbonyl (C=O) groups is 2. The second kappa shape index (κ2) is 7.58. The van der Waals surface area contributed by atoms with Crippen LogP contribution in [-0.4, -0.2) is 57.8 Å². The van der Waals surface area contributed by atoms with Crippen molar-refractivity contribution in [2.45, 2.75) is 6.92 Å². The van der Waals surface area contributed by atoms with Crippen molar-refractivity contribution in [3.05, 3.63) is 57.5 Å². The van der Waals surface area contributed by atoms with E-state index in [2.05, 4.69) is 9.97 Å². The Bertz CT molecular complexity index is 959. The minimum Gasteiger partial charge on any atom is -0.334 e. The number of aromatic nitrogens is 2. The molecule has 0 N–H and O–H groups in total. The van der Waals surface area contributed by atoms with Crippen LogP contribution in [0, 0.1) is 6.92 Å². The zero-order chi connectivity index (χ0) is 18.8. The summed E-state index contributed by atoms with van der Waals surface area (Å²) in [5.74, 6) is -0.142. The van der Waals surface area contributed by atoms with E-state index >= 15 is 0 Å². The minimum atomic E-state index is -0.0787. The fourth-order valence-corrected chi connectivity index (χ4v) is 4.37. The largest absolute Gasteiger partial charge is 0.334 e. The van der Waals surface area contributed by atoms with Gasteiger partial charge < -0.3 is 9.80 Å². The predicted molar refractivity (Wildman–Crippen MR) is 106 cm³/mol. The van der Waals surface area contributed by atoms with Crippen molar-refractivity contribution >= 4 is 34.5 Å². The van der Waals surface area contributed by atoms with Gasteiger partial charge in [0.25, 0.3) is 11.8 Å². The molecule has 6 nitrogen and oxygen atoms in total. The topological polar surface area (TPSA) is 66.4 Å². The molecule has 1 aliphatic heterocycles. The van der Waals surface area contributed by atoms with Crippen molar-refractivity contribution in [2.24, 2.45) is 0 Å². The first kappa shape index (κ1) is 17.8. The third-order valence-electron chi connectivity index (χ3n) is 4.44. The maximum Gasteiger partial charge on any atom is 0.273 e. The number of hydrogen-bond acceptors (Lipinski definition) is 6. The highest BCUT2D eigenvalue weighted by atomic mass is 32.1. The molecule has 0 unspecified atom stereocenters. The highest BCUT2D eigenvalue weighted by molar-refractivity contribution is 7.13. The van der Waals surface area contributed by atoms with Crippen molar-refractivity contribution in [3.8, 4) is 10.6 Å². The van der Waals surface area contributed by atoms with Gasteiger partial charge in [0.1, 0.15) is 16.4 Å². The van der Waals surface area contributed by atoms with Crippen molar-refractivity contribution in [2.75, 3.05) is 26.2 Å². The van der Waals surface area contributed by atoms with Gasteiger partial charge in [-0.3, -0.25) is 9.59 Å². The second-order valence-corrected chi connectivity index (χ2v) is 8.16. The summed E-state index contributed by atoms with van der Waals surface area (Å²) in [5.41, 5.74) is 1.97. The number of aryl methyl sites for hydroxylation is 1. The third-order valence-corrected chi connectivity index (χ3v) is 6.10. The van der Waals surface area contributed by atoms with E-state index in [0.29, 0.717) is 37.6 Å². The number of rotatable bonds is 3. The number of piperazine rings is 1. The molecule has 1 saturated heterocycles. The molecule has 1 aromatic carbocycles. The molecule has 0 aliphatic carbocycles. The highest BCUT2D eigenvalue weighted by Gasteiger charge is 2.27. The van der Waals surface area contributed by atoms with Gasteiger partial charge in [0, 0.05) is 42.5 Å². The summed E-state index contributed by atoms with van der Waals surface area (Å²) in [7, 11) is 0. The number of nitrogens with zero attached hydrogens (tertiary/aromatic N) is 4. The Morgan fingerprint density at radius 3 is 1.96 bits per heavy atom. The molecule has 8 heteroatoms. The normalized spacial score (nSPS) is 14.4. The molecule has 0 atom stereocenters. The van der Waals surface area contributed by atoms with E-state index in [-0.39, 0.29) is 11.8 Å². The monoisotopic (exact) mass is 398 g/mol. The zero-order valence-corrected chi connectivity index (χ0v) is 16.4. The number of hydrogen-bond donors (Lipinski definition) is 0. The minimum absolute atomic E-state index is 0.0635. The first-order valence-electron chi connectivity index (χ1n) is 8.63. The van der Waals surface area contributed by atoms with Gasteiger partial charge in [0.05, 0.1) is 5.01 Å². The van der Waals surface area contributed by atoms with Crippen LogP contribution in [0.1, 0.15) is 26.0 Å². The van der Waals surface area contributed by atoms with Crippen LogP contribution in [0.5, 0.6) is 0 Å². The molecule has 0 saturated carbocycles. The van der Waals surface area contributed by atoms with Gasteiger partial charge in [0.15, 0.2) is 0 Å². The van der Waals surface area contributed by atoms with Gasteiger partial charge in [-0.25, -0.2) is 9.97 Å². The summed E-state index contributed by atoms with van der Waals surface area (Å²) in [6.07, 6.45) is 0. The molecule has 27 heavy (non-hydrogen) atoms. The van der Waals surface area contributed by atoms with E-state index in [1.165, 1.54) is 22.7 Å². The standard InChI is InChI=1S/C19H18N4O2S2/c1-13-20-15(11-26-13)18(24)22-7-9-23(10-8-22)19(25)16-12-27-17(21-16)14-5-3-2-4-6-14/h2-6,11-12H,7-10H2,1H3. The summed E-state index contributed by atoms with van der Waals surface area (Å²) in [6.45, 7) is 3.92. The summed E-state index contributed by atoms with van der Waals surface area (Å²) in [4.78, 5) is 37.5. The molecular formula is C19H18N4O2S2. The third kappa shape index (κ3) is 3.77. The molecule has 3 heterocycles. The fourth-order valence-electron chi connectivity index (χ4n) is 2.98. The van der Waals surface area contributed by atoms with Crippen LogP contribution in [0.15, 0.2) is 41.1 Å². The summed E-state index contributed by atoms with van der Waals surface area (Å²) >= 11 is 2.94. The van der Waals surface area contributed by atoms with Gasteiger partial charge in [-0.1, -0.05) is 30.3 Å². The highest BCUT2D eigenvalue weighted by Crippen LogP contribution is 2.24. The van der Waals surface area contributed by atoms with Gasteiger partial charge >= 0.3 is 0 Å². The van der Waals surface area contributed by atoms with E-state index in [0.717, 1.165) is 15.6 Å². The maximum absolute atomic E-state index is 12.8. The lowest BCUT2D eigenvalue weighted by atomic mass is 10.2. The molecule has 2 amide bonds. The fraction of sp³-hybridized carbons (Fsp3) is 0.263. The summed E-state index contributed by atoms with van der Waals surface area (Å²) in [5, 5.41) is 5.31. The van der Waals surface area contributed by atoms with Crippen LogP contribution in [0.2, 0.25) is 0 Å². The number of thiazole rings is 2.